The highest BCUT2D eigenvalue weighted by Gasteiger charge is 2.51. The van der Waals surface area contributed by atoms with E-state index in [1.165, 1.54) is 19.3 Å². The zero-order valence-electron chi connectivity index (χ0n) is 13.3. The zero-order chi connectivity index (χ0) is 14.8. The highest BCUT2D eigenvalue weighted by Crippen LogP contribution is 2.28. The summed E-state index contributed by atoms with van der Waals surface area (Å²) < 4.78 is 28.0. The molecule has 0 spiro atoms. The topological polar surface area (TPSA) is 46.2 Å². The third kappa shape index (κ3) is 6.03. The van der Waals surface area contributed by atoms with E-state index >= 15 is 0 Å². The van der Waals surface area contributed by atoms with Crippen LogP contribution in [0, 0.1) is 0 Å². The van der Waals surface area contributed by atoms with Gasteiger partial charge in [-0.3, -0.25) is 0 Å². The van der Waals surface area contributed by atoms with Crippen molar-refractivity contribution < 1.29 is 22.1 Å². The lowest BCUT2D eigenvalue weighted by Gasteiger charge is -2.34. The van der Waals surface area contributed by atoms with Gasteiger partial charge in [0, 0.05) is 35.5 Å². The summed E-state index contributed by atoms with van der Waals surface area (Å²) in [6.45, 7) is 2.20. The molecule has 0 atom stereocenters. The molecule has 0 aromatic rings. The van der Waals surface area contributed by atoms with Crippen LogP contribution in [0.4, 0.5) is 0 Å². The van der Waals surface area contributed by atoms with Crippen LogP contribution in [0.5, 0.6) is 0 Å². The fraction of sp³-hybridized carbons (Fsp3) is 1.00. The molecule has 0 fully saturated rings. The Bertz CT molecular complexity index is 212. The average Bonchev–Trinajstić information content (AvgIpc) is 2.48. The van der Waals surface area contributed by atoms with Crippen LogP contribution in [0.25, 0.3) is 0 Å². The Morgan fingerprint density at radius 1 is 0.684 bits per heavy atom. The Kier molecular flexibility index (Phi) is 10.2. The molecule has 0 radical (unpaired) electrons. The van der Waals surface area contributed by atoms with Gasteiger partial charge in [0.2, 0.25) is 0 Å². The van der Waals surface area contributed by atoms with Crippen molar-refractivity contribution in [3.05, 3.63) is 0 Å². The summed E-state index contributed by atoms with van der Waals surface area (Å²) in [5.41, 5.74) is 0.628. The van der Waals surface area contributed by atoms with Gasteiger partial charge in [0.25, 0.3) is 0 Å². The highest BCUT2D eigenvalue weighted by molar-refractivity contribution is 6.83. The first-order valence-electron chi connectivity index (χ1n) is 6.83. The van der Waals surface area contributed by atoms with Gasteiger partial charge in [-0.05, 0) is 6.04 Å². The van der Waals surface area contributed by atoms with Gasteiger partial charge in [-0.25, -0.2) is 0 Å². The van der Waals surface area contributed by atoms with E-state index in [0.29, 0.717) is 5.67 Å². The van der Waals surface area contributed by atoms with Crippen LogP contribution in [-0.2, 0) is 22.1 Å². The average molecular weight is 311 g/mol. The van der Waals surface area contributed by atoms with E-state index in [4.69, 9.17) is 22.1 Å². The van der Waals surface area contributed by atoms with Crippen LogP contribution in [0.2, 0.25) is 11.7 Å². The Morgan fingerprint density at radius 2 is 1.21 bits per heavy atom. The maximum absolute atomic E-state index is 5.74. The molecular formula is C12H30O5Si2. The van der Waals surface area contributed by atoms with E-state index in [1.807, 2.05) is 0 Å². The number of hydrogen-bond donors (Lipinski definition) is 0. The van der Waals surface area contributed by atoms with E-state index in [2.05, 4.69) is 6.92 Å². The van der Waals surface area contributed by atoms with Crippen LogP contribution in [0.3, 0.4) is 0 Å². The monoisotopic (exact) mass is 310 g/mol. The Balaban J connectivity index is 4.67. The first-order chi connectivity index (χ1) is 9.07. The fourth-order valence-electron chi connectivity index (χ4n) is 2.14. The molecule has 0 unspecified atom stereocenters. The highest BCUT2D eigenvalue weighted by atomic mass is 28.4. The summed E-state index contributed by atoms with van der Waals surface area (Å²) in [6, 6.07) is 0.949. The number of hydrogen-bond acceptors (Lipinski definition) is 5. The third-order valence-corrected chi connectivity index (χ3v) is 11.9. The van der Waals surface area contributed by atoms with Crippen molar-refractivity contribution >= 4 is 17.4 Å². The summed E-state index contributed by atoms with van der Waals surface area (Å²) in [5, 5.41) is 0. The van der Waals surface area contributed by atoms with Crippen LogP contribution in [-0.4, -0.2) is 52.9 Å². The van der Waals surface area contributed by atoms with E-state index < -0.39 is 17.4 Å². The fourth-order valence-corrected chi connectivity index (χ4v) is 10.2. The molecule has 5 nitrogen and oxygen atoms in total. The molecule has 0 heterocycles. The van der Waals surface area contributed by atoms with Gasteiger partial charge >= 0.3 is 17.4 Å². The van der Waals surface area contributed by atoms with Gasteiger partial charge in [-0.2, -0.15) is 0 Å². The lowest BCUT2D eigenvalue weighted by Crippen LogP contribution is -2.54. The first kappa shape index (κ1) is 19.2. The van der Waals surface area contributed by atoms with E-state index in [-0.39, 0.29) is 0 Å². The summed E-state index contributed by atoms with van der Waals surface area (Å²) in [6.07, 6.45) is 4.80. The first-order valence-corrected chi connectivity index (χ1v) is 11.0. The van der Waals surface area contributed by atoms with Gasteiger partial charge in [-0.15, -0.1) is 0 Å². The summed E-state index contributed by atoms with van der Waals surface area (Å²) in [4.78, 5) is 0. The second-order valence-electron chi connectivity index (χ2n) is 4.60. The lowest BCUT2D eigenvalue weighted by molar-refractivity contribution is 0.122. The zero-order valence-corrected chi connectivity index (χ0v) is 15.3. The van der Waals surface area contributed by atoms with Gasteiger partial charge in [-0.1, -0.05) is 32.6 Å². The molecule has 0 saturated heterocycles. The standard InChI is InChI=1S/C12H30O5Si2/c1-7-8-9-10-11-18(13-2,14-3)12-19(15-4,16-5)17-6/h7-12H2,1-6H3. The smallest absolute Gasteiger partial charge is 0.398 e. The predicted molar refractivity (Wildman–Crippen MR) is 80.3 cm³/mol. The van der Waals surface area contributed by atoms with Crippen molar-refractivity contribution in [1.82, 2.24) is 0 Å². The second-order valence-corrected chi connectivity index (χ2v) is 11.7. The van der Waals surface area contributed by atoms with Crippen molar-refractivity contribution in [3.8, 4) is 0 Å². The molecule has 7 heteroatoms. The largest absolute Gasteiger partial charge is 0.502 e. The van der Waals surface area contributed by atoms with Crippen molar-refractivity contribution in [2.75, 3.05) is 35.5 Å². The van der Waals surface area contributed by atoms with E-state index in [9.17, 15) is 0 Å². The minimum atomic E-state index is -2.65. The predicted octanol–water partition coefficient (Wildman–Crippen LogP) is 2.72. The summed E-state index contributed by atoms with van der Waals surface area (Å²) in [7, 11) is 3.36. The van der Waals surface area contributed by atoms with Gasteiger partial charge in [0.05, 0.1) is 5.67 Å². The second kappa shape index (κ2) is 10.0. The molecule has 0 aromatic heterocycles. The van der Waals surface area contributed by atoms with Gasteiger partial charge in [0.1, 0.15) is 0 Å². The maximum atomic E-state index is 5.74. The van der Waals surface area contributed by atoms with Crippen molar-refractivity contribution in [2.24, 2.45) is 0 Å². The molecule has 0 amide bonds. The van der Waals surface area contributed by atoms with Crippen LogP contribution >= 0.6 is 0 Å². The minimum absolute atomic E-state index is 0.628. The van der Waals surface area contributed by atoms with Crippen molar-refractivity contribution in [2.45, 2.75) is 44.3 Å². The Hall–Kier alpha value is 0.234. The molecule has 116 valence electrons. The molecule has 0 aliphatic heterocycles. The Morgan fingerprint density at radius 3 is 1.58 bits per heavy atom. The van der Waals surface area contributed by atoms with Gasteiger partial charge < -0.3 is 22.1 Å². The summed E-state index contributed by atoms with van der Waals surface area (Å²) in [5.74, 6) is 0. The van der Waals surface area contributed by atoms with Crippen molar-refractivity contribution in [3.63, 3.8) is 0 Å². The maximum Gasteiger partial charge on any atom is 0.502 e. The molecule has 0 N–H and O–H groups in total. The molecule has 19 heavy (non-hydrogen) atoms. The minimum Gasteiger partial charge on any atom is -0.398 e. The third-order valence-electron chi connectivity index (χ3n) is 3.57. The van der Waals surface area contributed by atoms with E-state index in [1.54, 1.807) is 35.5 Å². The number of unbranched alkanes of at least 4 members (excludes halogenated alkanes) is 3. The molecule has 0 bridgehead atoms. The Labute approximate surface area is 120 Å². The molecule has 0 saturated carbocycles. The molecule has 0 aliphatic rings. The molecule has 0 rings (SSSR count). The molecular weight excluding hydrogens is 280 g/mol. The van der Waals surface area contributed by atoms with Crippen LogP contribution in [0.1, 0.15) is 32.6 Å². The molecule has 0 aromatic carbocycles. The van der Waals surface area contributed by atoms with Gasteiger partial charge in [0.15, 0.2) is 0 Å². The van der Waals surface area contributed by atoms with Crippen molar-refractivity contribution in [1.29, 1.82) is 0 Å². The summed E-state index contributed by atoms with van der Waals surface area (Å²) >= 11 is 0. The quantitative estimate of drug-likeness (QED) is 0.410. The van der Waals surface area contributed by atoms with Crippen LogP contribution in [0.15, 0.2) is 0 Å². The SMILES string of the molecule is CCCCCC[Si](C[Si](OC)(OC)OC)(OC)OC. The lowest BCUT2D eigenvalue weighted by atomic mass is 10.2. The molecule has 0 aliphatic carbocycles. The van der Waals surface area contributed by atoms with Crippen LogP contribution < -0.4 is 0 Å². The van der Waals surface area contributed by atoms with E-state index in [0.717, 1.165) is 12.5 Å². The normalized spacial score (nSPS) is 12.9. The number of rotatable bonds is 12.